The molecule has 1 heterocycles. The van der Waals surface area contributed by atoms with Crippen molar-refractivity contribution in [1.29, 1.82) is 0 Å². The summed E-state index contributed by atoms with van der Waals surface area (Å²) in [7, 11) is 1.72. The van der Waals surface area contributed by atoms with Crippen LogP contribution in [0.2, 0.25) is 0 Å². The summed E-state index contributed by atoms with van der Waals surface area (Å²) in [6, 6.07) is 13.3. The van der Waals surface area contributed by atoms with Gasteiger partial charge in [-0.15, -0.1) is 0 Å². The average Bonchev–Trinajstić information content (AvgIpc) is 3.20. The Morgan fingerprint density at radius 2 is 2.04 bits per heavy atom. The molecule has 1 atom stereocenters. The fraction of sp³-hybridized carbons (Fsp3) is 0.211. The van der Waals surface area contributed by atoms with Gasteiger partial charge in [0.1, 0.15) is 24.2 Å². The minimum Gasteiger partial charge on any atom is -0.484 e. The standard InChI is InChI=1S/C19H19FN4O2/c1-14(15-6-8-17(9-7-15)24-13-21-12-22-24)23(2)19(25)11-26-18-5-3-4-16(20)10-18/h3-10,12-14H,11H2,1-2H3/t14-/m1/s1. The van der Waals surface area contributed by atoms with Gasteiger partial charge in [0.25, 0.3) is 5.91 Å². The molecule has 0 saturated heterocycles. The van der Waals surface area contributed by atoms with E-state index in [0.717, 1.165) is 11.3 Å². The number of carbonyl (C=O) groups is 1. The third kappa shape index (κ3) is 4.05. The normalized spacial score (nSPS) is 11.8. The van der Waals surface area contributed by atoms with Crippen LogP contribution in [0.15, 0.2) is 61.2 Å². The third-order valence-electron chi connectivity index (χ3n) is 4.19. The number of hydrogen-bond acceptors (Lipinski definition) is 4. The Bertz CT molecular complexity index is 866. The molecule has 134 valence electrons. The molecule has 26 heavy (non-hydrogen) atoms. The number of carbonyl (C=O) groups excluding carboxylic acids is 1. The van der Waals surface area contributed by atoms with Gasteiger partial charge in [0.2, 0.25) is 0 Å². The summed E-state index contributed by atoms with van der Waals surface area (Å²) < 4.78 is 20.2. The van der Waals surface area contributed by atoms with Crippen LogP contribution in [-0.4, -0.2) is 39.2 Å². The predicted molar refractivity (Wildman–Crippen MR) is 94.4 cm³/mol. The number of benzene rings is 2. The first-order valence-corrected chi connectivity index (χ1v) is 8.13. The maximum Gasteiger partial charge on any atom is 0.260 e. The number of nitrogens with zero attached hydrogens (tertiary/aromatic N) is 4. The summed E-state index contributed by atoms with van der Waals surface area (Å²) >= 11 is 0. The predicted octanol–water partition coefficient (Wildman–Crippen LogP) is 3.00. The zero-order valence-corrected chi connectivity index (χ0v) is 14.5. The van der Waals surface area contributed by atoms with Gasteiger partial charge in [-0.25, -0.2) is 14.1 Å². The highest BCUT2D eigenvalue weighted by molar-refractivity contribution is 5.78. The maximum absolute atomic E-state index is 13.1. The van der Waals surface area contributed by atoms with Crippen LogP contribution in [0.5, 0.6) is 5.75 Å². The summed E-state index contributed by atoms with van der Waals surface area (Å²) in [4.78, 5) is 17.9. The van der Waals surface area contributed by atoms with Crippen molar-refractivity contribution in [3.05, 3.63) is 72.6 Å². The van der Waals surface area contributed by atoms with Crippen LogP contribution in [0.4, 0.5) is 4.39 Å². The van der Waals surface area contributed by atoms with Crippen LogP contribution in [0.25, 0.3) is 5.69 Å². The van der Waals surface area contributed by atoms with Gasteiger partial charge in [-0.05, 0) is 36.8 Å². The highest BCUT2D eigenvalue weighted by Crippen LogP contribution is 2.21. The summed E-state index contributed by atoms with van der Waals surface area (Å²) in [5, 5.41) is 4.08. The number of likely N-dealkylation sites (N-methyl/N-ethyl adjacent to an activating group) is 1. The highest BCUT2D eigenvalue weighted by atomic mass is 19.1. The van der Waals surface area contributed by atoms with Gasteiger partial charge < -0.3 is 9.64 Å². The van der Waals surface area contributed by atoms with E-state index in [1.165, 1.54) is 24.5 Å². The van der Waals surface area contributed by atoms with Crippen molar-refractivity contribution in [3.63, 3.8) is 0 Å². The average molecular weight is 354 g/mol. The Hall–Kier alpha value is -3.22. The van der Waals surface area contributed by atoms with Crippen molar-refractivity contribution in [3.8, 4) is 11.4 Å². The molecule has 0 aliphatic heterocycles. The number of ether oxygens (including phenoxy) is 1. The Labute approximate surface area is 150 Å². The lowest BCUT2D eigenvalue weighted by Crippen LogP contribution is -2.33. The molecule has 1 amide bonds. The van der Waals surface area contributed by atoms with Crippen molar-refractivity contribution < 1.29 is 13.9 Å². The number of hydrogen-bond donors (Lipinski definition) is 0. The second kappa shape index (κ2) is 7.77. The molecule has 7 heteroatoms. The van der Waals surface area contributed by atoms with Crippen molar-refractivity contribution in [2.45, 2.75) is 13.0 Å². The van der Waals surface area contributed by atoms with Crippen molar-refractivity contribution in [2.75, 3.05) is 13.7 Å². The summed E-state index contributed by atoms with van der Waals surface area (Å²) in [6.45, 7) is 1.78. The van der Waals surface area contributed by atoms with E-state index in [4.69, 9.17) is 4.74 Å². The number of rotatable bonds is 6. The first kappa shape index (κ1) is 17.6. The fourth-order valence-electron chi connectivity index (χ4n) is 2.49. The second-order valence-corrected chi connectivity index (χ2v) is 5.86. The second-order valence-electron chi connectivity index (χ2n) is 5.86. The van der Waals surface area contributed by atoms with E-state index in [0.29, 0.717) is 5.75 Å². The first-order valence-electron chi connectivity index (χ1n) is 8.13. The lowest BCUT2D eigenvalue weighted by molar-refractivity contribution is -0.134. The van der Waals surface area contributed by atoms with Crippen LogP contribution in [0.1, 0.15) is 18.5 Å². The molecule has 0 saturated carbocycles. The van der Waals surface area contributed by atoms with Gasteiger partial charge >= 0.3 is 0 Å². The molecule has 0 aliphatic carbocycles. The van der Waals surface area contributed by atoms with Crippen LogP contribution < -0.4 is 4.74 Å². The van der Waals surface area contributed by atoms with Gasteiger partial charge in [-0.3, -0.25) is 4.79 Å². The maximum atomic E-state index is 13.1. The topological polar surface area (TPSA) is 60.2 Å². The monoisotopic (exact) mass is 354 g/mol. The zero-order chi connectivity index (χ0) is 18.5. The molecular formula is C19H19FN4O2. The molecule has 2 aromatic carbocycles. The Kier molecular flexibility index (Phi) is 5.26. The van der Waals surface area contributed by atoms with Gasteiger partial charge in [0.15, 0.2) is 6.61 Å². The molecule has 0 fully saturated rings. The lowest BCUT2D eigenvalue weighted by Gasteiger charge is -2.25. The number of halogens is 1. The summed E-state index contributed by atoms with van der Waals surface area (Å²) in [5.74, 6) is -0.261. The van der Waals surface area contributed by atoms with Crippen molar-refractivity contribution >= 4 is 5.91 Å². The molecule has 3 aromatic rings. The quantitative estimate of drug-likeness (QED) is 0.683. The first-order chi connectivity index (χ1) is 12.5. The molecule has 6 nitrogen and oxygen atoms in total. The lowest BCUT2D eigenvalue weighted by atomic mass is 10.1. The van der Waals surface area contributed by atoms with Gasteiger partial charge in [-0.2, -0.15) is 5.10 Å². The fourth-order valence-corrected chi connectivity index (χ4v) is 2.49. The minimum absolute atomic E-state index is 0.136. The molecule has 0 bridgehead atoms. The third-order valence-corrected chi connectivity index (χ3v) is 4.19. The van der Waals surface area contributed by atoms with Gasteiger partial charge in [0.05, 0.1) is 11.7 Å². The van der Waals surface area contributed by atoms with Crippen molar-refractivity contribution in [1.82, 2.24) is 19.7 Å². The van der Waals surface area contributed by atoms with E-state index in [1.807, 2.05) is 31.2 Å². The number of amides is 1. The molecule has 0 radical (unpaired) electrons. The van der Waals surface area contributed by atoms with Crippen LogP contribution in [-0.2, 0) is 4.79 Å². The van der Waals surface area contributed by atoms with Crippen LogP contribution >= 0.6 is 0 Å². The zero-order valence-electron chi connectivity index (χ0n) is 14.5. The van der Waals surface area contributed by atoms with E-state index >= 15 is 0 Å². The largest absolute Gasteiger partial charge is 0.484 e. The minimum atomic E-state index is -0.399. The summed E-state index contributed by atoms with van der Waals surface area (Å²) in [6.07, 6.45) is 3.10. The molecule has 3 rings (SSSR count). The van der Waals surface area contributed by atoms with Crippen molar-refractivity contribution in [2.24, 2.45) is 0 Å². The van der Waals surface area contributed by atoms with E-state index < -0.39 is 5.82 Å². The summed E-state index contributed by atoms with van der Waals surface area (Å²) in [5.41, 5.74) is 1.87. The molecular weight excluding hydrogens is 335 g/mol. The van der Waals surface area contributed by atoms with Crippen LogP contribution in [0.3, 0.4) is 0 Å². The molecule has 0 aliphatic rings. The molecule has 0 N–H and O–H groups in total. The smallest absolute Gasteiger partial charge is 0.260 e. The molecule has 0 unspecified atom stereocenters. The Balaban J connectivity index is 1.61. The number of aromatic nitrogens is 3. The molecule has 1 aromatic heterocycles. The highest BCUT2D eigenvalue weighted by Gasteiger charge is 2.18. The molecule has 0 spiro atoms. The van der Waals surface area contributed by atoms with E-state index in [9.17, 15) is 9.18 Å². The van der Waals surface area contributed by atoms with E-state index in [2.05, 4.69) is 10.1 Å². The SMILES string of the molecule is C[C@H](c1ccc(-n2cncn2)cc1)N(C)C(=O)COc1cccc(F)c1. The van der Waals surface area contributed by atoms with E-state index in [-0.39, 0.29) is 18.6 Å². The van der Waals surface area contributed by atoms with E-state index in [1.54, 1.807) is 29.0 Å². The van der Waals surface area contributed by atoms with Gasteiger partial charge in [0, 0.05) is 13.1 Å². The van der Waals surface area contributed by atoms with Crippen LogP contribution in [0, 0.1) is 5.82 Å². The Morgan fingerprint density at radius 1 is 1.27 bits per heavy atom. The Morgan fingerprint density at radius 3 is 2.69 bits per heavy atom. The van der Waals surface area contributed by atoms with Gasteiger partial charge in [-0.1, -0.05) is 18.2 Å².